The van der Waals surface area contributed by atoms with E-state index in [2.05, 4.69) is 5.32 Å². The molecular weight excluding hydrogens is 236 g/mol. The van der Waals surface area contributed by atoms with Gasteiger partial charge in [-0.1, -0.05) is 48.0 Å². The third kappa shape index (κ3) is 1.93. The maximum atomic E-state index is 12.4. The highest BCUT2D eigenvalue weighted by Gasteiger charge is 2.32. The lowest BCUT2D eigenvalue weighted by molar-refractivity contribution is 0.0991. The first kappa shape index (κ1) is 11.7. The highest BCUT2D eigenvalue weighted by atomic mass is 16.1. The van der Waals surface area contributed by atoms with Gasteiger partial charge >= 0.3 is 0 Å². The molecule has 1 aliphatic rings. The van der Waals surface area contributed by atoms with Crippen molar-refractivity contribution in [3.63, 3.8) is 0 Å². The number of ketones is 1. The number of carbonyl (C=O) groups excluding carboxylic acids is 1. The number of rotatable bonds is 2. The fourth-order valence-corrected chi connectivity index (χ4v) is 2.31. The SMILES string of the molecule is Cc1ccc(C(=O)[C@@H]2Nc3ccccc3C2=N)cc1. The van der Waals surface area contributed by atoms with Crippen molar-refractivity contribution >= 4 is 17.2 Å². The van der Waals surface area contributed by atoms with Gasteiger partial charge < -0.3 is 10.7 Å². The minimum Gasteiger partial charge on any atom is -0.370 e. The first-order valence-corrected chi connectivity index (χ1v) is 6.22. The molecule has 94 valence electrons. The topological polar surface area (TPSA) is 53.0 Å². The maximum absolute atomic E-state index is 12.4. The second-order valence-electron chi connectivity index (χ2n) is 4.77. The number of anilines is 1. The van der Waals surface area contributed by atoms with Crippen molar-refractivity contribution in [2.45, 2.75) is 13.0 Å². The molecule has 0 aromatic heterocycles. The van der Waals surface area contributed by atoms with Gasteiger partial charge in [-0.3, -0.25) is 4.79 Å². The number of fused-ring (bicyclic) bond motifs is 1. The molecule has 19 heavy (non-hydrogen) atoms. The summed E-state index contributed by atoms with van der Waals surface area (Å²) in [6.07, 6.45) is 0. The quantitative estimate of drug-likeness (QED) is 0.805. The van der Waals surface area contributed by atoms with E-state index in [0.29, 0.717) is 11.3 Å². The molecule has 3 nitrogen and oxygen atoms in total. The van der Waals surface area contributed by atoms with Crippen LogP contribution in [0.1, 0.15) is 21.5 Å². The molecule has 0 spiro atoms. The molecule has 1 atom stereocenters. The molecule has 1 heterocycles. The Labute approximate surface area is 111 Å². The summed E-state index contributed by atoms with van der Waals surface area (Å²) < 4.78 is 0. The van der Waals surface area contributed by atoms with Gasteiger partial charge in [0.25, 0.3) is 0 Å². The normalized spacial score (nSPS) is 16.9. The van der Waals surface area contributed by atoms with E-state index < -0.39 is 6.04 Å². The van der Waals surface area contributed by atoms with Crippen LogP contribution < -0.4 is 5.32 Å². The number of hydrogen-bond acceptors (Lipinski definition) is 3. The van der Waals surface area contributed by atoms with E-state index in [-0.39, 0.29) is 5.78 Å². The van der Waals surface area contributed by atoms with Crippen LogP contribution >= 0.6 is 0 Å². The largest absolute Gasteiger partial charge is 0.370 e. The first-order chi connectivity index (χ1) is 9.16. The fraction of sp³-hybridized carbons (Fsp3) is 0.125. The van der Waals surface area contributed by atoms with Crippen LogP contribution in [0.15, 0.2) is 48.5 Å². The van der Waals surface area contributed by atoms with Crippen LogP contribution in [0.3, 0.4) is 0 Å². The third-order valence-corrected chi connectivity index (χ3v) is 3.40. The minimum absolute atomic E-state index is 0.0544. The van der Waals surface area contributed by atoms with Gasteiger partial charge in [-0.25, -0.2) is 0 Å². The zero-order chi connectivity index (χ0) is 13.4. The van der Waals surface area contributed by atoms with E-state index in [0.717, 1.165) is 16.8 Å². The summed E-state index contributed by atoms with van der Waals surface area (Å²) in [6, 6.07) is 14.4. The second kappa shape index (κ2) is 4.35. The Morgan fingerprint density at radius 1 is 1.11 bits per heavy atom. The molecule has 0 saturated heterocycles. The molecule has 0 radical (unpaired) electrons. The lowest BCUT2D eigenvalue weighted by atomic mass is 9.99. The number of Topliss-reactive ketones (excluding diaryl/α,β-unsaturated/α-hetero) is 1. The highest BCUT2D eigenvalue weighted by Crippen LogP contribution is 2.26. The third-order valence-electron chi connectivity index (χ3n) is 3.40. The van der Waals surface area contributed by atoms with E-state index in [1.54, 1.807) is 0 Å². The van der Waals surface area contributed by atoms with Gasteiger partial charge in [0.15, 0.2) is 5.78 Å². The van der Waals surface area contributed by atoms with Gasteiger partial charge in [-0.2, -0.15) is 0 Å². The van der Waals surface area contributed by atoms with Gasteiger partial charge in [-0.15, -0.1) is 0 Å². The molecule has 0 bridgehead atoms. The molecule has 0 aliphatic carbocycles. The zero-order valence-corrected chi connectivity index (χ0v) is 10.6. The van der Waals surface area contributed by atoms with Gasteiger partial charge in [0.1, 0.15) is 6.04 Å². The summed E-state index contributed by atoms with van der Waals surface area (Å²) in [6.45, 7) is 1.99. The van der Waals surface area contributed by atoms with Crippen molar-refractivity contribution in [1.29, 1.82) is 5.41 Å². The van der Waals surface area contributed by atoms with E-state index >= 15 is 0 Å². The number of aryl methyl sites for hydroxylation is 1. The summed E-state index contributed by atoms with van der Waals surface area (Å²) in [5.74, 6) is -0.0544. The Bertz CT molecular complexity index is 659. The van der Waals surface area contributed by atoms with Crippen LogP contribution in [0.2, 0.25) is 0 Å². The minimum atomic E-state index is -0.569. The Hall–Kier alpha value is -2.42. The van der Waals surface area contributed by atoms with E-state index in [1.165, 1.54) is 0 Å². The lowest BCUT2D eigenvalue weighted by Gasteiger charge is -2.10. The average molecular weight is 250 g/mol. The zero-order valence-electron chi connectivity index (χ0n) is 10.6. The van der Waals surface area contributed by atoms with Crippen LogP contribution in [0.4, 0.5) is 5.69 Å². The Morgan fingerprint density at radius 3 is 2.47 bits per heavy atom. The molecule has 3 heteroatoms. The summed E-state index contributed by atoms with van der Waals surface area (Å²) >= 11 is 0. The number of nitrogens with one attached hydrogen (secondary N) is 2. The van der Waals surface area contributed by atoms with Crippen molar-refractivity contribution in [1.82, 2.24) is 0 Å². The van der Waals surface area contributed by atoms with Gasteiger partial charge in [-0.05, 0) is 13.0 Å². The summed E-state index contributed by atoms with van der Waals surface area (Å²) in [5, 5.41) is 11.2. The Balaban J connectivity index is 1.91. The summed E-state index contributed by atoms with van der Waals surface area (Å²) in [4.78, 5) is 12.4. The number of hydrogen-bond donors (Lipinski definition) is 2. The predicted octanol–water partition coefficient (Wildman–Crippen LogP) is 3.04. The molecule has 0 saturated carbocycles. The van der Waals surface area contributed by atoms with Crippen LogP contribution in [0.5, 0.6) is 0 Å². The molecule has 2 aromatic carbocycles. The number of carbonyl (C=O) groups is 1. The van der Waals surface area contributed by atoms with Crippen LogP contribution in [0.25, 0.3) is 0 Å². The number of benzene rings is 2. The number of para-hydroxylation sites is 1. The van der Waals surface area contributed by atoms with Crippen molar-refractivity contribution in [3.05, 3.63) is 65.2 Å². The lowest BCUT2D eigenvalue weighted by Crippen LogP contribution is -2.32. The predicted molar refractivity (Wildman–Crippen MR) is 76.2 cm³/mol. The van der Waals surface area contributed by atoms with Gasteiger partial charge in [0.05, 0.1) is 5.71 Å². The van der Waals surface area contributed by atoms with Crippen LogP contribution in [0, 0.1) is 12.3 Å². The Kier molecular flexibility index (Phi) is 2.67. The smallest absolute Gasteiger partial charge is 0.191 e. The fourth-order valence-electron chi connectivity index (χ4n) is 2.31. The summed E-state index contributed by atoms with van der Waals surface area (Å²) in [5.41, 5.74) is 3.78. The molecule has 2 N–H and O–H groups in total. The average Bonchev–Trinajstić information content (AvgIpc) is 2.77. The van der Waals surface area contributed by atoms with E-state index in [9.17, 15) is 4.79 Å². The van der Waals surface area contributed by atoms with Crippen molar-refractivity contribution in [2.75, 3.05) is 5.32 Å². The van der Waals surface area contributed by atoms with Crippen LogP contribution in [-0.4, -0.2) is 17.5 Å². The molecule has 3 rings (SSSR count). The molecule has 1 aliphatic heterocycles. The summed E-state index contributed by atoms with van der Waals surface area (Å²) in [7, 11) is 0. The molecular formula is C16H14N2O. The molecule has 2 aromatic rings. The first-order valence-electron chi connectivity index (χ1n) is 6.22. The Morgan fingerprint density at radius 2 is 1.79 bits per heavy atom. The second-order valence-corrected chi connectivity index (χ2v) is 4.77. The van der Waals surface area contributed by atoms with E-state index in [4.69, 9.17) is 5.41 Å². The van der Waals surface area contributed by atoms with Gasteiger partial charge in [0.2, 0.25) is 0 Å². The van der Waals surface area contributed by atoms with Crippen molar-refractivity contribution < 1.29 is 4.79 Å². The van der Waals surface area contributed by atoms with Crippen LogP contribution in [-0.2, 0) is 0 Å². The highest BCUT2D eigenvalue weighted by molar-refractivity contribution is 6.26. The monoisotopic (exact) mass is 250 g/mol. The van der Waals surface area contributed by atoms with Crippen molar-refractivity contribution in [3.8, 4) is 0 Å². The maximum Gasteiger partial charge on any atom is 0.191 e. The van der Waals surface area contributed by atoms with E-state index in [1.807, 2.05) is 55.5 Å². The van der Waals surface area contributed by atoms with Crippen molar-refractivity contribution in [2.24, 2.45) is 0 Å². The molecule has 0 amide bonds. The van der Waals surface area contributed by atoms with Gasteiger partial charge in [0, 0.05) is 16.8 Å². The molecule has 0 fully saturated rings. The standard InChI is InChI=1S/C16H14N2O/c1-10-6-8-11(9-7-10)16(19)15-14(17)12-4-2-3-5-13(12)18-15/h2-9,15,17-18H,1H3/t15-/m1/s1. The molecule has 0 unspecified atom stereocenters.